The first-order valence-electron chi connectivity index (χ1n) is 16.0. The third-order valence-corrected chi connectivity index (χ3v) is 7.42. The predicted molar refractivity (Wildman–Crippen MR) is 159 cm³/mol. The summed E-state index contributed by atoms with van der Waals surface area (Å²) in [4.78, 5) is 41.2. The predicted octanol–water partition coefficient (Wildman–Crippen LogP) is 9.59. The Labute approximate surface area is 230 Å². The monoisotopic (exact) mass is 519 g/mol. The quantitative estimate of drug-likeness (QED) is 0.0825. The lowest BCUT2D eigenvalue weighted by Gasteiger charge is -2.30. The Bertz CT molecular complexity index is 546. The van der Waals surface area contributed by atoms with E-state index in [-0.39, 0.29) is 17.3 Å². The average Bonchev–Trinajstić information content (AvgIpc) is 2.89. The van der Waals surface area contributed by atoms with E-state index in [0.717, 1.165) is 109 Å². The molecule has 0 unspecified atom stereocenters. The molecule has 37 heavy (non-hydrogen) atoms. The molecule has 0 fully saturated rings. The van der Waals surface area contributed by atoms with E-state index in [9.17, 15) is 14.4 Å². The number of nitrogens with one attached hydrogen (secondary N) is 1. The van der Waals surface area contributed by atoms with Gasteiger partial charge >= 0.3 is 0 Å². The summed E-state index contributed by atoms with van der Waals surface area (Å²) in [5.41, 5.74) is -1.69. The number of carbonyl (C=O) groups is 3. The van der Waals surface area contributed by atoms with E-state index < -0.39 is 5.54 Å². The molecule has 0 atom stereocenters. The van der Waals surface area contributed by atoms with Gasteiger partial charge in [0, 0.05) is 19.3 Å². The minimum Gasteiger partial charge on any atom is -0.367 e. The van der Waals surface area contributed by atoms with E-state index in [1.165, 1.54) is 19.3 Å². The SMILES string of the molecule is CCCCCCC=CNC(C(=O)CCCCCCC)(C(=O)CCCCCCC)C(=O)CCCCCCC. The van der Waals surface area contributed by atoms with Gasteiger partial charge in [-0.15, -0.1) is 0 Å². The normalized spacial score (nSPS) is 11.8. The molecule has 0 heterocycles. The molecule has 4 heteroatoms. The summed E-state index contributed by atoms with van der Waals surface area (Å²) in [6.07, 6.45) is 25.6. The number of Topliss-reactive ketones (excluding diaryl/α,β-unsaturated/α-hetero) is 3. The van der Waals surface area contributed by atoms with Crippen LogP contribution in [-0.2, 0) is 14.4 Å². The first-order chi connectivity index (χ1) is 18.0. The molecule has 0 aliphatic heterocycles. The maximum Gasteiger partial charge on any atom is 0.214 e. The second-order valence-electron chi connectivity index (χ2n) is 10.9. The van der Waals surface area contributed by atoms with E-state index in [0.29, 0.717) is 19.3 Å². The first kappa shape index (κ1) is 35.5. The lowest BCUT2D eigenvalue weighted by molar-refractivity contribution is -0.144. The third kappa shape index (κ3) is 16.2. The summed E-state index contributed by atoms with van der Waals surface area (Å²) in [6, 6.07) is 0. The summed E-state index contributed by atoms with van der Waals surface area (Å²) < 4.78 is 0. The van der Waals surface area contributed by atoms with Crippen molar-refractivity contribution < 1.29 is 14.4 Å². The van der Waals surface area contributed by atoms with Crippen LogP contribution in [0.4, 0.5) is 0 Å². The molecular formula is C33H61NO3. The molecule has 0 spiro atoms. The second kappa shape index (κ2) is 24.9. The fraction of sp³-hybridized carbons (Fsp3) is 0.848. The lowest BCUT2D eigenvalue weighted by Crippen LogP contribution is -2.62. The molecule has 216 valence electrons. The molecule has 0 aliphatic carbocycles. The van der Waals surface area contributed by atoms with Gasteiger partial charge in [-0.2, -0.15) is 0 Å². The van der Waals surface area contributed by atoms with E-state index in [1.807, 2.05) is 6.08 Å². The van der Waals surface area contributed by atoms with Gasteiger partial charge in [0.25, 0.3) is 0 Å². The summed E-state index contributed by atoms with van der Waals surface area (Å²) in [5.74, 6) is -0.634. The molecule has 0 saturated heterocycles. The van der Waals surface area contributed by atoms with Gasteiger partial charge in [0.05, 0.1) is 0 Å². The Morgan fingerprint density at radius 1 is 0.486 bits per heavy atom. The van der Waals surface area contributed by atoms with Crippen LogP contribution in [-0.4, -0.2) is 22.9 Å². The van der Waals surface area contributed by atoms with Crippen LogP contribution >= 0.6 is 0 Å². The molecule has 0 saturated carbocycles. The molecule has 0 radical (unpaired) electrons. The Morgan fingerprint density at radius 3 is 1.16 bits per heavy atom. The van der Waals surface area contributed by atoms with E-state index in [2.05, 4.69) is 33.0 Å². The van der Waals surface area contributed by atoms with Gasteiger partial charge in [-0.1, -0.05) is 130 Å². The zero-order chi connectivity index (χ0) is 27.6. The number of carbonyl (C=O) groups excluding carboxylic acids is 3. The van der Waals surface area contributed by atoms with Crippen molar-refractivity contribution in [2.24, 2.45) is 0 Å². The van der Waals surface area contributed by atoms with Crippen molar-refractivity contribution in [2.75, 3.05) is 0 Å². The maximum absolute atomic E-state index is 13.7. The van der Waals surface area contributed by atoms with Gasteiger partial charge in [-0.05, 0) is 38.3 Å². The third-order valence-electron chi connectivity index (χ3n) is 7.42. The fourth-order valence-electron chi connectivity index (χ4n) is 4.89. The van der Waals surface area contributed by atoms with Crippen molar-refractivity contribution in [1.29, 1.82) is 0 Å². The van der Waals surface area contributed by atoms with Gasteiger partial charge < -0.3 is 5.32 Å². The molecular weight excluding hydrogens is 458 g/mol. The zero-order valence-corrected chi connectivity index (χ0v) is 25.1. The van der Waals surface area contributed by atoms with Crippen molar-refractivity contribution >= 4 is 17.3 Å². The number of allylic oxidation sites excluding steroid dienone is 1. The van der Waals surface area contributed by atoms with Crippen LogP contribution in [0.1, 0.15) is 175 Å². The van der Waals surface area contributed by atoms with Crippen LogP contribution in [0.3, 0.4) is 0 Å². The average molecular weight is 520 g/mol. The Hall–Kier alpha value is -1.45. The largest absolute Gasteiger partial charge is 0.367 e. The summed E-state index contributed by atoms with van der Waals surface area (Å²) in [7, 11) is 0. The van der Waals surface area contributed by atoms with E-state index in [1.54, 1.807) is 6.20 Å². The Morgan fingerprint density at radius 2 is 0.811 bits per heavy atom. The molecule has 4 nitrogen and oxygen atoms in total. The second-order valence-corrected chi connectivity index (χ2v) is 10.9. The van der Waals surface area contributed by atoms with Crippen LogP contribution in [0, 0.1) is 0 Å². The molecule has 1 N–H and O–H groups in total. The summed E-state index contributed by atoms with van der Waals surface area (Å²) in [6.45, 7) is 8.72. The molecule has 0 bridgehead atoms. The zero-order valence-electron chi connectivity index (χ0n) is 25.1. The summed E-state index contributed by atoms with van der Waals surface area (Å²) in [5, 5.41) is 3.15. The van der Waals surface area contributed by atoms with Crippen molar-refractivity contribution in [3.63, 3.8) is 0 Å². The number of hydrogen-bond acceptors (Lipinski definition) is 4. The highest BCUT2D eigenvalue weighted by molar-refractivity contribution is 6.29. The van der Waals surface area contributed by atoms with Gasteiger partial charge in [0.1, 0.15) is 0 Å². The fourth-order valence-corrected chi connectivity index (χ4v) is 4.89. The van der Waals surface area contributed by atoms with Gasteiger partial charge in [-0.3, -0.25) is 14.4 Å². The topological polar surface area (TPSA) is 63.2 Å². The van der Waals surface area contributed by atoms with Gasteiger partial charge in [0.15, 0.2) is 17.3 Å². The Kier molecular flexibility index (Phi) is 23.9. The Balaban J connectivity index is 5.61. The van der Waals surface area contributed by atoms with Gasteiger partial charge in [0.2, 0.25) is 5.54 Å². The van der Waals surface area contributed by atoms with Crippen molar-refractivity contribution in [3.05, 3.63) is 12.3 Å². The first-order valence-corrected chi connectivity index (χ1v) is 16.0. The lowest BCUT2D eigenvalue weighted by atomic mass is 9.78. The van der Waals surface area contributed by atoms with Crippen LogP contribution in [0.2, 0.25) is 0 Å². The highest BCUT2D eigenvalue weighted by Crippen LogP contribution is 2.23. The van der Waals surface area contributed by atoms with Crippen molar-refractivity contribution in [2.45, 2.75) is 181 Å². The van der Waals surface area contributed by atoms with Crippen molar-refractivity contribution in [1.82, 2.24) is 5.32 Å². The van der Waals surface area contributed by atoms with E-state index in [4.69, 9.17) is 0 Å². The van der Waals surface area contributed by atoms with E-state index >= 15 is 0 Å². The van der Waals surface area contributed by atoms with Crippen LogP contribution < -0.4 is 5.32 Å². The molecule has 0 rings (SSSR count). The molecule has 0 aromatic rings. The summed E-state index contributed by atoms with van der Waals surface area (Å²) >= 11 is 0. The van der Waals surface area contributed by atoms with Gasteiger partial charge in [-0.25, -0.2) is 0 Å². The smallest absolute Gasteiger partial charge is 0.214 e. The van der Waals surface area contributed by atoms with Crippen LogP contribution in [0.5, 0.6) is 0 Å². The highest BCUT2D eigenvalue weighted by atomic mass is 16.2. The molecule has 0 aromatic carbocycles. The van der Waals surface area contributed by atoms with Crippen LogP contribution in [0.25, 0.3) is 0 Å². The van der Waals surface area contributed by atoms with Crippen molar-refractivity contribution in [3.8, 4) is 0 Å². The number of rotatable bonds is 28. The molecule has 0 amide bonds. The molecule has 0 aliphatic rings. The maximum atomic E-state index is 13.7. The number of unbranched alkanes of at least 4 members (excludes halogenated alkanes) is 16. The highest BCUT2D eigenvalue weighted by Gasteiger charge is 2.49. The standard InChI is InChI=1S/C33H61NO3/c1-5-9-13-17-21-25-29-34-33(30(35)26-22-18-14-10-6-2,31(36)27-23-19-15-11-7-3)32(37)28-24-20-16-12-8-4/h25,29,34H,5-24,26-28H2,1-4H3. The number of hydrogen-bond donors (Lipinski definition) is 1. The van der Waals surface area contributed by atoms with Crippen LogP contribution in [0.15, 0.2) is 12.3 Å². The minimum absolute atomic E-state index is 0.211. The molecule has 0 aromatic heterocycles. The number of ketones is 3. The minimum atomic E-state index is -1.69.